The van der Waals surface area contributed by atoms with Crippen molar-refractivity contribution in [2.24, 2.45) is 0 Å². The van der Waals surface area contributed by atoms with Gasteiger partial charge in [-0.25, -0.2) is 0 Å². The monoisotopic (exact) mass is 585 g/mol. The predicted octanol–water partition coefficient (Wildman–Crippen LogP) is 6.06. The highest BCUT2D eigenvalue weighted by molar-refractivity contribution is 7.17. The van der Waals surface area contributed by atoms with E-state index in [1.54, 1.807) is 18.2 Å². The molecule has 2 aromatic carbocycles. The number of carbonyl (C=O) groups is 2. The lowest BCUT2D eigenvalue weighted by atomic mass is 9.95. The van der Waals surface area contributed by atoms with Crippen molar-refractivity contribution >= 4 is 34.2 Å². The van der Waals surface area contributed by atoms with E-state index in [4.69, 9.17) is 14.2 Å². The summed E-state index contributed by atoms with van der Waals surface area (Å²) >= 11 is 1.43. The number of hydrogen-bond acceptors (Lipinski definition) is 7. The maximum absolute atomic E-state index is 13.3. The van der Waals surface area contributed by atoms with Gasteiger partial charge in [0.1, 0.15) is 23.3 Å². The van der Waals surface area contributed by atoms with E-state index >= 15 is 0 Å². The molecule has 1 saturated heterocycles. The molecule has 5 rings (SSSR count). The second-order valence-corrected chi connectivity index (χ2v) is 11.4. The van der Waals surface area contributed by atoms with Gasteiger partial charge in [-0.3, -0.25) is 9.59 Å². The molecule has 0 saturated carbocycles. The zero-order chi connectivity index (χ0) is 29.3. The number of hydrogen-bond donors (Lipinski definition) is 2. The van der Waals surface area contributed by atoms with Crippen LogP contribution in [0.2, 0.25) is 0 Å². The molecule has 2 amide bonds. The van der Waals surface area contributed by atoms with E-state index in [1.807, 2.05) is 43.3 Å². The standard InChI is InChI=1S/C33H35N3O5S/c1-2-39-28-18-23(14-15-27(28)41-21-22-9-4-3-5-10-22)17-24(19-34)31(37)36-33-30(26-12-6-7-13-29(26)42-33)32(38)35-20-25-11-8-16-40-25/h3-5,9-10,14-15,17-18,25H,2,6-8,11-13,16,20-21H2,1H3,(H,35,38)(H,36,37)/b24-17+/t25-/m0/s1. The summed E-state index contributed by atoms with van der Waals surface area (Å²) in [6.45, 7) is 3.85. The van der Waals surface area contributed by atoms with Crippen LogP contribution in [0.3, 0.4) is 0 Å². The fraction of sp³-hybridized carbons (Fsp3) is 0.364. The number of aryl methyl sites for hydroxylation is 1. The number of carbonyl (C=O) groups excluding carboxylic acids is 2. The Morgan fingerprint density at radius 3 is 2.69 bits per heavy atom. The molecule has 218 valence electrons. The van der Waals surface area contributed by atoms with Crippen LogP contribution < -0.4 is 20.1 Å². The number of nitrogens with zero attached hydrogens (tertiary/aromatic N) is 1. The first-order chi connectivity index (χ1) is 20.6. The van der Waals surface area contributed by atoms with Crippen LogP contribution >= 0.6 is 11.3 Å². The van der Waals surface area contributed by atoms with Gasteiger partial charge in [0, 0.05) is 18.0 Å². The maximum atomic E-state index is 13.3. The molecule has 2 aliphatic rings. The van der Waals surface area contributed by atoms with Crippen molar-refractivity contribution in [1.29, 1.82) is 5.26 Å². The lowest BCUT2D eigenvalue weighted by Crippen LogP contribution is -2.32. The van der Waals surface area contributed by atoms with E-state index in [0.717, 1.165) is 54.5 Å². The van der Waals surface area contributed by atoms with Crippen LogP contribution in [0.25, 0.3) is 6.08 Å². The van der Waals surface area contributed by atoms with Gasteiger partial charge >= 0.3 is 0 Å². The molecule has 8 nitrogen and oxygen atoms in total. The normalized spacial score (nSPS) is 16.3. The molecule has 1 aromatic heterocycles. The first-order valence-electron chi connectivity index (χ1n) is 14.5. The van der Waals surface area contributed by atoms with Crippen molar-refractivity contribution in [3.8, 4) is 17.6 Å². The molecule has 0 unspecified atom stereocenters. The third-order valence-electron chi connectivity index (χ3n) is 7.32. The topological polar surface area (TPSA) is 110 Å². The van der Waals surface area contributed by atoms with Gasteiger partial charge in [-0.15, -0.1) is 11.3 Å². The highest BCUT2D eigenvalue weighted by Gasteiger charge is 2.28. The number of fused-ring (bicyclic) bond motifs is 1. The summed E-state index contributed by atoms with van der Waals surface area (Å²) in [5.74, 6) is 0.321. The van der Waals surface area contributed by atoms with Crippen molar-refractivity contribution in [1.82, 2.24) is 5.32 Å². The highest BCUT2D eigenvalue weighted by atomic mass is 32.1. The average Bonchev–Trinajstić information content (AvgIpc) is 3.66. The molecule has 9 heteroatoms. The fourth-order valence-electron chi connectivity index (χ4n) is 5.22. The van der Waals surface area contributed by atoms with E-state index in [9.17, 15) is 14.9 Å². The Morgan fingerprint density at radius 2 is 1.93 bits per heavy atom. The van der Waals surface area contributed by atoms with Gasteiger partial charge in [-0.2, -0.15) is 5.26 Å². The van der Waals surface area contributed by atoms with Gasteiger partial charge in [0.05, 0.1) is 18.3 Å². The van der Waals surface area contributed by atoms with Crippen molar-refractivity contribution < 1.29 is 23.8 Å². The predicted molar refractivity (Wildman–Crippen MR) is 163 cm³/mol. The zero-order valence-corrected chi connectivity index (χ0v) is 24.6. The summed E-state index contributed by atoms with van der Waals surface area (Å²) in [5.41, 5.74) is 3.09. The number of ether oxygens (including phenoxy) is 3. The van der Waals surface area contributed by atoms with Crippen LogP contribution in [0.4, 0.5) is 5.00 Å². The summed E-state index contributed by atoms with van der Waals surface area (Å²) in [5, 5.41) is 16.3. The van der Waals surface area contributed by atoms with E-state index in [1.165, 1.54) is 17.4 Å². The largest absolute Gasteiger partial charge is 0.490 e. The van der Waals surface area contributed by atoms with Crippen LogP contribution in [0.5, 0.6) is 11.5 Å². The van der Waals surface area contributed by atoms with Crippen LogP contribution in [-0.2, 0) is 29.0 Å². The Balaban J connectivity index is 1.33. The number of benzene rings is 2. The van der Waals surface area contributed by atoms with Crippen LogP contribution in [-0.4, -0.2) is 37.7 Å². The lowest BCUT2D eigenvalue weighted by molar-refractivity contribution is -0.112. The summed E-state index contributed by atoms with van der Waals surface area (Å²) in [6.07, 6.45) is 7.18. The minimum Gasteiger partial charge on any atom is -0.490 e. The number of anilines is 1. The molecule has 1 aliphatic carbocycles. The Morgan fingerprint density at radius 1 is 1.10 bits per heavy atom. The summed E-state index contributed by atoms with van der Waals surface area (Å²) in [4.78, 5) is 27.8. The van der Waals surface area contributed by atoms with Gasteiger partial charge in [0.2, 0.25) is 0 Å². The fourth-order valence-corrected chi connectivity index (χ4v) is 6.50. The lowest BCUT2D eigenvalue weighted by Gasteiger charge is -2.15. The minimum absolute atomic E-state index is 0.0197. The van der Waals surface area contributed by atoms with Crippen LogP contribution in [0.15, 0.2) is 54.1 Å². The summed E-state index contributed by atoms with van der Waals surface area (Å²) < 4.78 is 17.4. The van der Waals surface area contributed by atoms with E-state index in [-0.39, 0.29) is 17.6 Å². The van der Waals surface area contributed by atoms with Crippen LogP contribution in [0, 0.1) is 11.3 Å². The van der Waals surface area contributed by atoms with Crippen molar-refractivity contribution in [3.63, 3.8) is 0 Å². The smallest absolute Gasteiger partial charge is 0.266 e. The maximum Gasteiger partial charge on any atom is 0.266 e. The SMILES string of the molecule is CCOc1cc(/C=C(\C#N)C(=O)Nc2sc3c(c2C(=O)NC[C@@H]2CCCO2)CCCC3)ccc1OCc1ccccc1. The van der Waals surface area contributed by atoms with E-state index < -0.39 is 5.91 Å². The van der Waals surface area contributed by atoms with Gasteiger partial charge < -0.3 is 24.8 Å². The molecule has 1 atom stereocenters. The Kier molecular flexibility index (Phi) is 9.90. The first-order valence-corrected chi connectivity index (χ1v) is 15.3. The molecular weight excluding hydrogens is 550 g/mol. The number of nitriles is 1. The number of rotatable bonds is 11. The van der Waals surface area contributed by atoms with E-state index in [2.05, 4.69) is 10.6 Å². The molecule has 1 aliphatic heterocycles. The quantitative estimate of drug-likeness (QED) is 0.209. The molecule has 0 radical (unpaired) electrons. The van der Waals surface area contributed by atoms with Crippen molar-refractivity contribution in [2.45, 2.75) is 58.2 Å². The Labute approximate surface area is 250 Å². The molecule has 42 heavy (non-hydrogen) atoms. The minimum atomic E-state index is -0.563. The third-order valence-corrected chi connectivity index (χ3v) is 8.53. The molecule has 2 N–H and O–H groups in total. The van der Waals surface area contributed by atoms with E-state index in [0.29, 0.717) is 54.0 Å². The van der Waals surface area contributed by atoms with Crippen molar-refractivity contribution in [2.75, 3.05) is 25.1 Å². The Bertz CT molecular complexity index is 1490. The van der Waals surface area contributed by atoms with Gasteiger partial charge in [0.25, 0.3) is 11.8 Å². The number of thiophene rings is 1. The van der Waals surface area contributed by atoms with Gasteiger partial charge in [-0.05, 0) is 80.3 Å². The molecule has 1 fully saturated rings. The summed E-state index contributed by atoms with van der Waals surface area (Å²) in [6, 6.07) is 17.2. The van der Waals surface area contributed by atoms with Crippen LogP contribution in [0.1, 0.15) is 64.5 Å². The second-order valence-electron chi connectivity index (χ2n) is 10.3. The second kappa shape index (κ2) is 14.2. The average molecular weight is 586 g/mol. The molecule has 2 heterocycles. The molecule has 0 bridgehead atoms. The summed E-state index contributed by atoms with van der Waals surface area (Å²) in [7, 11) is 0. The number of nitrogens with one attached hydrogen (secondary N) is 2. The Hall–Kier alpha value is -4.13. The van der Waals surface area contributed by atoms with Gasteiger partial charge in [-0.1, -0.05) is 36.4 Å². The molecule has 0 spiro atoms. The number of amides is 2. The molecule has 3 aromatic rings. The first kappa shape index (κ1) is 29.4. The molecular formula is C33H35N3O5S. The van der Waals surface area contributed by atoms with Gasteiger partial charge in [0.15, 0.2) is 11.5 Å². The highest BCUT2D eigenvalue weighted by Crippen LogP contribution is 2.38. The zero-order valence-electron chi connectivity index (χ0n) is 23.7. The van der Waals surface area contributed by atoms with Crippen molar-refractivity contribution in [3.05, 3.63) is 81.2 Å². The third kappa shape index (κ3) is 7.19.